The summed E-state index contributed by atoms with van der Waals surface area (Å²) in [6.07, 6.45) is 4.79. The normalized spacial score (nSPS) is 16.5. The molecule has 1 N–H and O–H groups in total. The first-order valence-electron chi connectivity index (χ1n) is 8.59. The summed E-state index contributed by atoms with van der Waals surface area (Å²) in [6, 6.07) is 10.4. The van der Waals surface area contributed by atoms with E-state index in [-0.39, 0.29) is 11.9 Å². The minimum atomic E-state index is 0.100. The Hall–Kier alpha value is -2.05. The molecule has 0 bridgehead atoms. The third-order valence-corrected chi connectivity index (χ3v) is 5.88. The summed E-state index contributed by atoms with van der Waals surface area (Å²) in [5.41, 5.74) is 4.03. The molecular weight excluding hydrogens is 368 g/mol. The lowest BCUT2D eigenvalue weighted by atomic mass is 9.87. The maximum Gasteiger partial charge on any atom is 0.233 e. The lowest BCUT2D eigenvalue weighted by Crippen LogP contribution is -2.34. The van der Waals surface area contributed by atoms with Crippen molar-refractivity contribution in [3.05, 3.63) is 52.7 Å². The molecule has 2 aromatic heterocycles. The predicted octanol–water partition coefficient (Wildman–Crippen LogP) is 4.24. The highest BCUT2D eigenvalue weighted by atomic mass is 35.5. The molecule has 1 amide bonds. The number of fused-ring (bicyclic) bond motifs is 2. The fraction of sp³-hybridized carbons (Fsp3) is 0.316. The van der Waals surface area contributed by atoms with Crippen LogP contribution < -0.4 is 0 Å². The van der Waals surface area contributed by atoms with Crippen molar-refractivity contribution in [3.63, 3.8) is 0 Å². The van der Waals surface area contributed by atoms with E-state index in [9.17, 15) is 4.79 Å². The molecule has 0 saturated heterocycles. The smallest absolute Gasteiger partial charge is 0.233 e. The summed E-state index contributed by atoms with van der Waals surface area (Å²) in [5.74, 6) is 0.436. The zero-order valence-corrected chi connectivity index (χ0v) is 16.0. The van der Waals surface area contributed by atoms with Crippen molar-refractivity contribution >= 4 is 40.4 Å². The van der Waals surface area contributed by atoms with Crippen LogP contribution in [0.15, 0.2) is 41.7 Å². The number of nitrogens with one attached hydrogen (secondary N) is 1. The first kappa shape index (κ1) is 17.4. The van der Waals surface area contributed by atoms with Gasteiger partial charge in [0.2, 0.25) is 5.91 Å². The number of hydrogen-bond acceptors (Lipinski definition) is 4. The van der Waals surface area contributed by atoms with Gasteiger partial charge in [-0.1, -0.05) is 47.6 Å². The SMILES string of the molecule is CN(C(=O)CSc1nc2ncc(Cl)cc2[nH]1)C1CCCc2ccccc21. The first-order chi connectivity index (χ1) is 12.6. The van der Waals surface area contributed by atoms with Gasteiger partial charge in [-0.25, -0.2) is 9.97 Å². The standard InChI is InChI=1S/C19H19ClN4OS/c1-24(16-8-4-6-12-5-2-3-7-14(12)16)17(25)11-26-19-22-15-9-13(20)10-21-18(15)23-19/h2-3,5,7,9-10,16H,4,6,8,11H2,1H3,(H,21,22,23). The summed E-state index contributed by atoms with van der Waals surface area (Å²) in [4.78, 5) is 26.3. The molecule has 1 atom stereocenters. The number of imidazole rings is 1. The van der Waals surface area contributed by atoms with E-state index in [1.165, 1.54) is 22.9 Å². The van der Waals surface area contributed by atoms with Crippen molar-refractivity contribution in [1.29, 1.82) is 0 Å². The van der Waals surface area contributed by atoms with E-state index in [1.54, 1.807) is 12.3 Å². The molecule has 0 fully saturated rings. The van der Waals surface area contributed by atoms with Gasteiger partial charge in [-0.15, -0.1) is 0 Å². The molecule has 2 heterocycles. The maximum absolute atomic E-state index is 12.7. The number of amides is 1. The second-order valence-corrected chi connectivity index (χ2v) is 7.87. The molecular formula is C19H19ClN4OS. The number of halogens is 1. The molecule has 1 aliphatic rings. The average Bonchev–Trinajstić information content (AvgIpc) is 3.07. The summed E-state index contributed by atoms with van der Waals surface area (Å²) in [5, 5.41) is 1.24. The number of H-pyrrole nitrogens is 1. The summed E-state index contributed by atoms with van der Waals surface area (Å²) in [7, 11) is 1.90. The van der Waals surface area contributed by atoms with Gasteiger partial charge in [-0.05, 0) is 36.5 Å². The van der Waals surface area contributed by atoms with Crippen molar-refractivity contribution in [2.24, 2.45) is 0 Å². The van der Waals surface area contributed by atoms with Gasteiger partial charge in [-0.2, -0.15) is 0 Å². The first-order valence-corrected chi connectivity index (χ1v) is 9.95. The molecule has 4 rings (SSSR count). The minimum Gasteiger partial charge on any atom is -0.338 e. The lowest BCUT2D eigenvalue weighted by Gasteiger charge is -2.33. The number of benzene rings is 1. The van der Waals surface area contributed by atoms with Gasteiger partial charge in [0.15, 0.2) is 10.8 Å². The highest BCUT2D eigenvalue weighted by molar-refractivity contribution is 7.99. The number of hydrogen-bond donors (Lipinski definition) is 1. The fourth-order valence-electron chi connectivity index (χ4n) is 3.46. The van der Waals surface area contributed by atoms with Crippen LogP contribution in [0.5, 0.6) is 0 Å². The quantitative estimate of drug-likeness (QED) is 0.681. The zero-order chi connectivity index (χ0) is 18.1. The maximum atomic E-state index is 12.7. The lowest BCUT2D eigenvalue weighted by molar-refractivity contribution is -0.129. The number of carbonyl (C=O) groups is 1. The van der Waals surface area contributed by atoms with E-state index < -0.39 is 0 Å². The van der Waals surface area contributed by atoms with Crippen molar-refractivity contribution in [2.75, 3.05) is 12.8 Å². The second-order valence-electron chi connectivity index (χ2n) is 6.47. The molecule has 1 aliphatic carbocycles. The molecule has 1 aromatic carbocycles. The van der Waals surface area contributed by atoms with Crippen LogP contribution in [-0.2, 0) is 11.2 Å². The van der Waals surface area contributed by atoms with Crippen LogP contribution in [0, 0.1) is 0 Å². The van der Waals surface area contributed by atoms with Crippen LogP contribution in [0.1, 0.15) is 30.0 Å². The van der Waals surface area contributed by atoms with Crippen LogP contribution in [0.4, 0.5) is 0 Å². The number of rotatable bonds is 4. The fourth-order valence-corrected chi connectivity index (χ4v) is 4.41. The number of thioether (sulfide) groups is 1. The van der Waals surface area contributed by atoms with Crippen LogP contribution in [0.2, 0.25) is 5.02 Å². The minimum absolute atomic E-state index is 0.100. The van der Waals surface area contributed by atoms with E-state index in [1.807, 2.05) is 11.9 Å². The molecule has 5 nitrogen and oxygen atoms in total. The van der Waals surface area contributed by atoms with Crippen LogP contribution in [0.25, 0.3) is 11.2 Å². The van der Waals surface area contributed by atoms with Crippen molar-refractivity contribution in [2.45, 2.75) is 30.5 Å². The van der Waals surface area contributed by atoms with E-state index in [0.717, 1.165) is 24.8 Å². The molecule has 26 heavy (non-hydrogen) atoms. The molecule has 0 saturated carbocycles. The largest absolute Gasteiger partial charge is 0.338 e. The summed E-state index contributed by atoms with van der Waals surface area (Å²) < 4.78 is 0. The van der Waals surface area contributed by atoms with E-state index in [0.29, 0.717) is 21.6 Å². The Morgan fingerprint density at radius 1 is 1.42 bits per heavy atom. The van der Waals surface area contributed by atoms with Crippen LogP contribution in [-0.4, -0.2) is 38.6 Å². The molecule has 7 heteroatoms. The van der Waals surface area contributed by atoms with Crippen molar-refractivity contribution < 1.29 is 4.79 Å². The van der Waals surface area contributed by atoms with Gasteiger partial charge in [0.05, 0.1) is 22.3 Å². The third-order valence-electron chi connectivity index (χ3n) is 4.81. The average molecular weight is 387 g/mol. The summed E-state index contributed by atoms with van der Waals surface area (Å²) >= 11 is 7.34. The zero-order valence-electron chi connectivity index (χ0n) is 14.4. The number of aromatic amines is 1. The Morgan fingerprint density at radius 3 is 3.15 bits per heavy atom. The highest BCUT2D eigenvalue weighted by Gasteiger charge is 2.26. The monoisotopic (exact) mass is 386 g/mol. The van der Waals surface area contributed by atoms with Gasteiger partial charge >= 0.3 is 0 Å². The van der Waals surface area contributed by atoms with E-state index in [2.05, 4.69) is 39.2 Å². The van der Waals surface area contributed by atoms with Gasteiger partial charge in [0.1, 0.15) is 0 Å². The Morgan fingerprint density at radius 2 is 2.27 bits per heavy atom. The number of carbonyl (C=O) groups excluding carboxylic acids is 1. The van der Waals surface area contributed by atoms with Gasteiger partial charge < -0.3 is 9.88 Å². The summed E-state index contributed by atoms with van der Waals surface area (Å²) in [6.45, 7) is 0. The van der Waals surface area contributed by atoms with Crippen molar-refractivity contribution in [1.82, 2.24) is 19.9 Å². The highest BCUT2D eigenvalue weighted by Crippen LogP contribution is 2.34. The van der Waals surface area contributed by atoms with Gasteiger partial charge in [0, 0.05) is 13.2 Å². The third kappa shape index (κ3) is 3.44. The second kappa shape index (κ2) is 7.29. The predicted molar refractivity (Wildman–Crippen MR) is 105 cm³/mol. The number of nitrogens with zero attached hydrogens (tertiary/aromatic N) is 3. The van der Waals surface area contributed by atoms with Crippen LogP contribution >= 0.6 is 23.4 Å². The van der Waals surface area contributed by atoms with E-state index in [4.69, 9.17) is 11.6 Å². The number of aromatic nitrogens is 3. The Bertz CT molecular complexity index is 958. The van der Waals surface area contributed by atoms with Crippen molar-refractivity contribution in [3.8, 4) is 0 Å². The molecule has 0 radical (unpaired) electrons. The Labute approximate surface area is 161 Å². The topological polar surface area (TPSA) is 61.9 Å². The van der Waals surface area contributed by atoms with Gasteiger partial charge in [-0.3, -0.25) is 4.79 Å². The van der Waals surface area contributed by atoms with Crippen LogP contribution in [0.3, 0.4) is 0 Å². The number of aryl methyl sites for hydroxylation is 1. The Balaban J connectivity index is 1.44. The number of pyridine rings is 1. The molecule has 134 valence electrons. The Kier molecular flexibility index (Phi) is 4.87. The molecule has 1 unspecified atom stereocenters. The van der Waals surface area contributed by atoms with E-state index >= 15 is 0 Å². The molecule has 0 aliphatic heterocycles. The molecule has 3 aromatic rings. The van der Waals surface area contributed by atoms with Gasteiger partial charge in [0.25, 0.3) is 0 Å². The molecule has 0 spiro atoms.